The summed E-state index contributed by atoms with van der Waals surface area (Å²) in [5.74, 6) is 0.783. The molecule has 0 atom stereocenters. The molecule has 4 N–H and O–H groups in total. The molecule has 0 spiro atoms. The van der Waals surface area contributed by atoms with E-state index in [2.05, 4.69) is 10.2 Å². The highest BCUT2D eigenvalue weighted by molar-refractivity contribution is 5.82. The summed E-state index contributed by atoms with van der Waals surface area (Å²) in [4.78, 5) is 0. The Labute approximate surface area is 88.4 Å². The molecule has 0 radical (unpaired) electrons. The Balaban J connectivity index is 2.84. The Bertz CT molecular complexity index is 394. The molecule has 5 heteroatoms. The maximum atomic E-state index is 5.13. The van der Waals surface area contributed by atoms with Crippen LogP contribution >= 0.6 is 0 Å². The van der Waals surface area contributed by atoms with Crippen LogP contribution in [0.2, 0.25) is 0 Å². The van der Waals surface area contributed by atoms with Crippen molar-refractivity contribution in [2.24, 2.45) is 21.7 Å². The second-order valence-corrected chi connectivity index (χ2v) is 3.00. The van der Waals surface area contributed by atoms with Gasteiger partial charge in [0, 0.05) is 0 Å². The topological polar surface area (TPSA) is 86.0 Å². The molecule has 1 aromatic carbocycles. The van der Waals surface area contributed by atoms with Crippen LogP contribution in [-0.2, 0) is 0 Å². The first kappa shape index (κ1) is 11.0. The molecule has 0 aromatic heterocycles. The van der Waals surface area contributed by atoms with Crippen LogP contribution in [0.25, 0.3) is 0 Å². The molecule has 5 nitrogen and oxygen atoms in total. The van der Waals surface area contributed by atoms with Crippen molar-refractivity contribution in [3.8, 4) is 5.75 Å². The van der Waals surface area contributed by atoms with Gasteiger partial charge in [-0.1, -0.05) is 0 Å². The summed E-state index contributed by atoms with van der Waals surface area (Å²) < 4.78 is 5.13. The van der Waals surface area contributed by atoms with E-state index in [0.29, 0.717) is 0 Å². The molecular formula is C10H14N4O. The SMILES string of the molecule is COc1ccc(C=NN=C(N)N)cc1C. The molecule has 0 fully saturated rings. The summed E-state index contributed by atoms with van der Waals surface area (Å²) in [6, 6.07) is 5.67. The van der Waals surface area contributed by atoms with Crippen LogP contribution < -0.4 is 16.2 Å². The van der Waals surface area contributed by atoms with E-state index in [1.54, 1.807) is 13.3 Å². The molecule has 0 saturated heterocycles. The number of rotatable bonds is 3. The number of aryl methyl sites for hydroxylation is 1. The van der Waals surface area contributed by atoms with Crippen LogP contribution in [0.1, 0.15) is 11.1 Å². The fraction of sp³-hybridized carbons (Fsp3) is 0.200. The Morgan fingerprint density at radius 2 is 2.13 bits per heavy atom. The molecule has 0 saturated carbocycles. The van der Waals surface area contributed by atoms with E-state index < -0.39 is 0 Å². The number of ether oxygens (including phenoxy) is 1. The first-order valence-electron chi connectivity index (χ1n) is 4.40. The van der Waals surface area contributed by atoms with Gasteiger partial charge in [0.05, 0.1) is 13.3 Å². The van der Waals surface area contributed by atoms with Crippen LogP contribution in [0.4, 0.5) is 0 Å². The Kier molecular flexibility index (Phi) is 3.68. The first-order chi connectivity index (χ1) is 7.13. The lowest BCUT2D eigenvalue weighted by Gasteiger charge is -2.03. The predicted molar refractivity (Wildman–Crippen MR) is 61.1 cm³/mol. The van der Waals surface area contributed by atoms with Gasteiger partial charge in [-0.15, -0.1) is 5.10 Å². The van der Waals surface area contributed by atoms with E-state index >= 15 is 0 Å². The second kappa shape index (κ2) is 4.99. The third-order valence-corrected chi connectivity index (χ3v) is 1.80. The predicted octanol–water partition coefficient (Wildman–Crippen LogP) is 0.611. The van der Waals surface area contributed by atoms with Gasteiger partial charge in [0.15, 0.2) is 0 Å². The van der Waals surface area contributed by atoms with Crippen molar-refractivity contribution in [3.05, 3.63) is 29.3 Å². The molecule has 15 heavy (non-hydrogen) atoms. The van der Waals surface area contributed by atoms with Crippen LogP contribution in [0.3, 0.4) is 0 Å². The van der Waals surface area contributed by atoms with Crippen molar-refractivity contribution < 1.29 is 4.74 Å². The second-order valence-electron chi connectivity index (χ2n) is 3.00. The zero-order chi connectivity index (χ0) is 11.3. The Morgan fingerprint density at radius 1 is 1.40 bits per heavy atom. The molecule has 0 aliphatic rings. The first-order valence-corrected chi connectivity index (χ1v) is 4.40. The molecule has 0 amide bonds. The molecule has 0 aliphatic carbocycles. The lowest BCUT2D eigenvalue weighted by Crippen LogP contribution is -2.21. The molecular weight excluding hydrogens is 192 g/mol. The Hall–Kier alpha value is -2.04. The summed E-state index contributed by atoms with van der Waals surface area (Å²) in [5, 5.41) is 7.21. The van der Waals surface area contributed by atoms with Gasteiger partial charge >= 0.3 is 0 Å². The van der Waals surface area contributed by atoms with Crippen LogP contribution in [0.15, 0.2) is 28.4 Å². The van der Waals surface area contributed by atoms with E-state index in [4.69, 9.17) is 16.2 Å². The number of hydrogen-bond acceptors (Lipinski definition) is 3. The number of methoxy groups -OCH3 is 1. The van der Waals surface area contributed by atoms with Crippen molar-refractivity contribution in [1.82, 2.24) is 0 Å². The molecule has 0 aliphatic heterocycles. The molecule has 1 aromatic rings. The van der Waals surface area contributed by atoms with Gasteiger partial charge in [0.1, 0.15) is 5.75 Å². The average molecular weight is 206 g/mol. The maximum absolute atomic E-state index is 5.13. The van der Waals surface area contributed by atoms with E-state index in [0.717, 1.165) is 16.9 Å². The minimum Gasteiger partial charge on any atom is -0.496 e. The summed E-state index contributed by atoms with van der Waals surface area (Å²) >= 11 is 0. The van der Waals surface area contributed by atoms with E-state index in [9.17, 15) is 0 Å². The fourth-order valence-corrected chi connectivity index (χ4v) is 1.14. The van der Waals surface area contributed by atoms with Crippen LogP contribution in [0, 0.1) is 6.92 Å². The largest absolute Gasteiger partial charge is 0.496 e. The van der Waals surface area contributed by atoms with Crippen molar-refractivity contribution in [2.75, 3.05) is 7.11 Å². The third kappa shape index (κ3) is 3.30. The van der Waals surface area contributed by atoms with Gasteiger partial charge in [-0.05, 0) is 36.2 Å². The lowest BCUT2D eigenvalue weighted by molar-refractivity contribution is 0.411. The summed E-state index contributed by atoms with van der Waals surface area (Å²) in [6.45, 7) is 1.96. The molecule has 0 bridgehead atoms. The van der Waals surface area contributed by atoms with E-state index in [1.165, 1.54) is 0 Å². The number of benzene rings is 1. The average Bonchev–Trinajstić information content (AvgIpc) is 2.17. The van der Waals surface area contributed by atoms with Gasteiger partial charge < -0.3 is 16.2 Å². The highest BCUT2D eigenvalue weighted by Gasteiger charge is 1.97. The Morgan fingerprint density at radius 3 is 2.67 bits per heavy atom. The van der Waals surface area contributed by atoms with Gasteiger partial charge in [-0.3, -0.25) is 0 Å². The quantitative estimate of drug-likeness (QED) is 0.431. The van der Waals surface area contributed by atoms with Crippen LogP contribution in [-0.4, -0.2) is 19.3 Å². The minimum atomic E-state index is -0.0588. The standard InChI is InChI=1S/C10H14N4O/c1-7-5-8(3-4-9(7)15-2)6-13-14-10(11)12/h3-6H,1-2H3,(H4,11,12,14). The monoisotopic (exact) mass is 206 g/mol. The highest BCUT2D eigenvalue weighted by Crippen LogP contribution is 2.17. The molecule has 0 heterocycles. The third-order valence-electron chi connectivity index (χ3n) is 1.80. The van der Waals surface area contributed by atoms with Gasteiger partial charge in [0.25, 0.3) is 0 Å². The number of guanidine groups is 1. The molecule has 80 valence electrons. The highest BCUT2D eigenvalue weighted by atomic mass is 16.5. The van der Waals surface area contributed by atoms with Gasteiger partial charge in [-0.25, -0.2) is 0 Å². The maximum Gasteiger partial charge on any atom is 0.211 e. The minimum absolute atomic E-state index is 0.0588. The van der Waals surface area contributed by atoms with Crippen molar-refractivity contribution in [2.45, 2.75) is 6.92 Å². The van der Waals surface area contributed by atoms with E-state index in [-0.39, 0.29) is 5.96 Å². The van der Waals surface area contributed by atoms with Crippen molar-refractivity contribution in [1.29, 1.82) is 0 Å². The molecule has 0 unspecified atom stereocenters. The normalized spacial score (nSPS) is 10.3. The fourth-order valence-electron chi connectivity index (χ4n) is 1.14. The van der Waals surface area contributed by atoms with E-state index in [1.807, 2.05) is 25.1 Å². The zero-order valence-corrected chi connectivity index (χ0v) is 8.77. The summed E-state index contributed by atoms with van der Waals surface area (Å²) in [6.07, 6.45) is 1.58. The van der Waals surface area contributed by atoms with Crippen molar-refractivity contribution in [3.63, 3.8) is 0 Å². The summed E-state index contributed by atoms with van der Waals surface area (Å²) in [5.41, 5.74) is 12.2. The zero-order valence-electron chi connectivity index (χ0n) is 8.77. The van der Waals surface area contributed by atoms with Crippen molar-refractivity contribution >= 4 is 12.2 Å². The smallest absolute Gasteiger partial charge is 0.211 e. The van der Waals surface area contributed by atoms with Crippen LogP contribution in [0.5, 0.6) is 5.75 Å². The number of hydrogen-bond donors (Lipinski definition) is 2. The number of nitrogens with two attached hydrogens (primary N) is 2. The summed E-state index contributed by atoms with van der Waals surface area (Å²) in [7, 11) is 1.63. The molecule has 1 rings (SSSR count). The number of nitrogens with zero attached hydrogens (tertiary/aromatic N) is 2. The van der Waals surface area contributed by atoms with Gasteiger partial charge in [-0.2, -0.15) is 5.10 Å². The lowest BCUT2D eigenvalue weighted by atomic mass is 10.1. The van der Waals surface area contributed by atoms with Gasteiger partial charge in [0.2, 0.25) is 5.96 Å².